The number of benzene rings is 1. The van der Waals surface area contributed by atoms with Crippen molar-refractivity contribution in [3.8, 4) is 11.4 Å². The molecule has 1 aromatic carbocycles. The van der Waals surface area contributed by atoms with Crippen molar-refractivity contribution in [1.29, 1.82) is 0 Å². The maximum absolute atomic E-state index is 13.6. The number of nitrogens with zero attached hydrogens (tertiary/aromatic N) is 3. The maximum atomic E-state index is 13.6. The number of carboxylic acid groups (broad SMARTS) is 1. The summed E-state index contributed by atoms with van der Waals surface area (Å²) in [6, 6.07) is 4.65. The number of halogens is 1. The molecule has 0 saturated carbocycles. The smallest absolute Gasteiger partial charge is 0.305 e. The number of carbonyl (C=O) groups is 2. The first kappa shape index (κ1) is 17.6. The van der Waals surface area contributed by atoms with Crippen LogP contribution < -0.4 is 0 Å². The molecular weight excluding hydrogens is 317 g/mol. The van der Waals surface area contributed by atoms with Crippen LogP contribution in [0.5, 0.6) is 0 Å². The van der Waals surface area contributed by atoms with Gasteiger partial charge in [0.15, 0.2) is 0 Å². The summed E-state index contributed by atoms with van der Waals surface area (Å²) in [6.45, 7) is 1.80. The third-order valence-corrected chi connectivity index (χ3v) is 3.54. The standard InChI is InChI=1S/C16H18FN3O4/c1-10-3-4-11(9-12(10)17)16-18-13(24-19-16)5-6-14(21)20(2)8-7-15(22)23/h3-4,9H,5-8H2,1-2H3,(H,22,23). The van der Waals surface area contributed by atoms with E-state index in [1.807, 2.05) is 0 Å². The number of hydrogen-bond donors (Lipinski definition) is 1. The zero-order valence-corrected chi connectivity index (χ0v) is 13.5. The molecule has 0 fully saturated rings. The summed E-state index contributed by atoms with van der Waals surface area (Å²) >= 11 is 0. The highest BCUT2D eigenvalue weighted by atomic mass is 19.1. The second kappa shape index (κ2) is 7.67. The van der Waals surface area contributed by atoms with Gasteiger partial charge in [-0.1, -0.05) is 17.3 Å². The Morgan fingerprint density at radius 1 is 1.33 bits per heavy atom. The first-order valence-corrected chi connectivity index (χ1v) is 7.41. The summed E-state index contributed by atoms with van der Waals surface area (Å²) in [6.07, 6.45) is 0.254. The Kier molecular flexibility index (Phi) is 5.62. The fourth-order valence-electron chi connectivity index (χ4n) is 2.00. The summed E-state index contributed by atoms with van der Waals surface area (Å²) in [5, 5.41) is 12.4. The van der Waals surface area contributed by atoms with Crippen molar-refractivity contribution in [2.75, 3.05) is 13.6 Å². The van der Waals surface area contributed by atoms with Gasteiger partial charge in [0, 0.05) is 32.0 Å². The fraction of sp³-hybridized carbons (Fsp3) is 0.375. The lowest BCUT2D eigenvalue weighted by molar-refractivity contribution is -0.138. The molecule has 2 rings (SSSR count). The number of aryl methyl sites for hydroxylation is 2. The van der Waals surface area contributed by atoms with Crippen molar-refractivity contribution < 1.29 is 23.6 Å². The fourth-order valence-corrected chi connectivity index (χ4v) is 2.00. The molecule has 0 spiro atoms. The molecule has 0 aliphatic heterocycles. The molecule has 0 aliphatic rings. The van der Waals surface area contributed by atoms with Crippen molar-refractivity contribution in [1.82, 2.24) is 15.0 Å². The van der Waals surface area contributed by atoms with Gasteiger partial charge < -0.3 is 14.5 Å². The van der Waals surface area contributed by atoms with Crippen LogP contribution in [0.15, 0.2) is 22.7 Å². The molecule has 24 heavy (non-hydrogen) atoms. The largest absolute Gasteiger partial charge is 0.481 e. The van der Waals surface area contributed by atoms with E-state index in [4.69, 9.17) is 9.63 Å². The van der Waals surface area contributed by atoms with Crippen LogP contribution in [-0.2, 0) is 16.0 Å². The van der Waals surface area contributed by atoms with Gasteiger partial charge in [0.2, 0.25) is 17.6 Å². The zero-order chi connectivity index (χ0) is 17.7. The number of carbonyl (C=O) groups excluding carboxylic acids is 1. The quantitative estimate of drug-likeness (QED) is 0.832. The van der Waals surface area contributed by atoms with Crippen molar-refractivity contribution in [2.45, 2.75) is 26.2 Å². The van der Waals surface area contributed by atoms with E-state index in [1.54, 1.807) is 26.1 Å². The molecule has 1 N–H and O–H groups in total. The average molecular weight is 335 g/mol. The molecule has 0 saturated heterocycles. The highest BCUT2D eigenvalue weighted by Gasteiger charge is 2.14. The first-order valence-electron chi connectivity index (χ1n) is 7.41. The van der Waals surface area contributed by atoms with Gasteiger partial charge in [-0.15, -0.1) is 0 Å². The van der Waals surface area contributed by atoms with Crippen LogP contribution in [0.2, 0.25) is 0 Å². The summed E-state index contributed by atoms with van der Waals surface area (Å²) in [5.74, 6) is -0.991. The summed E-state index contributed by atoms with van der Waals surface area (Å²) < 4.78 is 18.6. The monoisotopic (exact) mass is 335 g/mol. The van der Waals surface area contributed by atoms with Crippen LogP contribution in [0.1, 0.15) is 24.3 Å². The Morgan fingerprint density at radius 3 is 2.75 bits per heavy atom. The minimum atomic E-state index is -0.957. The van der Waals surface area contributed by atoms with E-state index >= 15 is 0 Å². The Balaban J connectivity index is 1.93. The van der Waals surface area contributed by atoms with Gasteiger partial charge in [0.25, 0.3) is 0 Å². The highest BCUT2D eigenvalue weighted by molar-refractivity contribution is 5.76. The van der Waals surface area contributed by atoms with E-state index < -0.39 is 5.97 Å². The lowest BCUT2D eigenvalue weighted by Gasteiger charge is -2.15. The molecule has 1 heterocycles. The van der Waals surface area contributed by atoms with Crippen LogP contribution >= 0.6 is 0 Å². The Morgan fingerprint density at radius 2 is 2.08 bits per heavy atom. The predicted octanol–water partition coefficient (Wildman–Crippen LogP) is 2.05. The maximum Gasteiger partial charge on any atom is 0.305 e. The molecular formula is C16H18FN3O4. The molecule has 128 valence electrons. The summed E-state index contributed by atoms with van der Waals surface area (Å²) in [4.78, 5) is 27.9. The highest BCUT2D eigenvalue weighted by Crippen LogP contribution is 2.19. The van der Waals surface area contributed by atoms with Gasteiger partial charge in [-0.3, -0.25) is 9.59 Å². The van der Waals surface area contributed by atoms with E-state index in [9.17, 15) is 14.0 Å². The predicted molar refractivity (Wildman–Crippen MR) is 82.6 cm³/mol. The van der Waals surface area contributed by atoms with Gasteiger partial charge in [-0.05, 0) is 18.6 Å². The molecule has 1 amide bonds. The Labute approximate surface area is 138 Å². The minimum Gasteiger partial charge on any atom is -0.481 e. The Bertz CT molecular complexity index is 745. The van der Waals surface area contributed by atoms with Gasteiger partial charge in [0.1, 0.15) is 5.82 Å². The lowest BCUT2D eigenvalue weighted by Crippen LogP contribution is -2.29. The number of hydrogen-bond acceptors (Lipinski definition) is 5. The molecule has 0 unspecified atom stereocenters. The van der Waals surface area contributed by atoms with Gasteiger partial charge >= 0.3 is 5.97 Å². The van der Waals surface area contributed by atoms with Crippen molar-refractivity contribution >= 4 is 11.9 Å². The minimum absolute atomic E-state index is 0.105. The third kappa shape index (κ3) is 4.61. The van der Waals surface area contributed by atoms with E-state index in [2.05, 4.69) is 10.1 Å². The van der Waals surface area contributed by atoms with Crippen molar-refractivity contribution in [3.63, 3.8) is 0 Å². The number of rotatable bonds is 7. The van der Waals surface area contributed by atoms with E-state index in [1.165, 1.54) is 11.0 Å². The molecule has 1 aromatic heterocycles. The van der Waals surface area contributed by atoms with E-state index in [0.29, 0.717) is 11.1 Å². The SMILES string of the molecule is Cc1ccc(-c2noc(CCC(=O)N(C)CCC(=O)O)n2)cc1F. The van der Waals surface area contributed by atoms with E-state index in [0.717, 1.165) is 0 Å². The van der Waals surface area contributed by atoms with Crippen molar-refractivity contribution in [2.24, 2.45) is 0 Å². The van der Waals surface area contributed by atoms with Crippen LogP contribution in [0, 0.1) is 12.7 Å². The summed E-state index contributed by atoms with van der Waals surface area (Å²) in [7, 11) is 1.54. The van der Waals surface area contributed by atoms with Gasteiger partial charge in [-0.25, -0.2) is 4.39 Å². The van der Waals surface area contributed by atoms with Crippen LogP contribution in [0.25, 0.3) is 11.4 Å². The first-order chi connectivity index (χ1) is 11.4. The topological polar surface area (TPSA) is 96.5 Å². The number of aliphatic carboxylic acids is 1. The lowest BCUT2D eigenvalue weighted by atomic mass is 10.1. The number of amides is 1. The zero-order valence-electron chi connectivity index (χ0n) is 13.5. The van der Waals surface area contributed by atoms with Gasteiger partial charge in [0.05, 0.1) is 6.42 Å². The van der Waals surface area contributed by atoms with Crippen LogP contribution in [-0.4, -0.2) is 45.6 Å². The van der Waals surface area contributed by atoms with Crippen LogP contribution in [0.3, 0.4) is 0 Å². The molecule has 8 heteroatoms. The molecule has 0 radical (unpaired) electrons. The number of aromatic nitrogens is 2. The molecule has 0 bridgehead atoms. The molecule has 0 atom stereocenters. The normalized spacial score (nSPS) is 10.6. The summed E-state index contributed by atoms with van der Waals surface area (Å²) in [5.41, 5.74) is 1.02. The second-order valence-electron chi connectivity index (χ2n) is 5.43. The average Bonchev–Trinajstić information content (AvgIpc) is 3.01. The molecule has 7 nitrogen and oxygen atoms in total. The Hall–Kier alpha value is -2.77. The van der Waals surface area contributed by atoms with Crippen LogP contribution in [0.4, 0.5) is 4.39 Å². The third-order valence-electron chi connectivity index (χ3n) is 3.54. The van der Waals surface area contributed by atoms with E-state index in [-0.39, 0.29) is 49.2 Å². The number of carboxylic acids is 1. The molecule has 2 aromatic rings. The van der Waals surface area contributed by atoms with Gasteiger partial charge in [-0.2, -0.15) is 4.98 Å². The van der Waals surface area contributed by atoms with Crippen molar-refractivity contribution in [3.05, 3.63) is 35.5 Å². The second-order valence-corrected chi connectivity index (χ2v) is 5.43. The molecule has 0 aliphatic carbocycles.